The largest absolute Gasteiger partial charge is 0.480 e. The molecule has 7 heterocycles. The Morgan fingerprint density at radius 2 is 1.80 bits per heavy atom. The molecule has 15 nitrogen and oxygen atoms in total. The number of carbonyl (C=O) groups is 2. The number of rotatable bonds is 7. The van der Waals surface area contributed by atoms with Crippen LogP contribution in [-0.4, -0.2) is 105 Å². The summed E-state index contributed by atoms with van der Waals surface area (Å²) in [6, 6.07) is 7.68. The van der Waals surface area contributed by atoms with Crippen molar-refractivity contribution in [1.82, 2.24) is 34.5 Å². The second-order valence-electron chi connectivity index (χ2n) is 16.7. The minimum atomic E-state index is -3.25. The van der Waals surface area contributed by atoms with Crippen LogP contribution < -0.4 is 36.0 Å². The molecule has 5 aromatic rings. The number of nitrogens with zero attached hydrogens (tertiary/aromatic N) is 8. The molecule has 3 fully saturated rings. The van der Waals surface area contributed by atoms with Gasteiger partial charge in [0.05, 0.1) is 51.9 Å². The number of hydrogen-bond donors (Lipinski definition) is 3. The van der Waals surface area contributed by atoms with Gasteiger partial charge in [-0.2, -0.15) is 10.1 Å². The lowest BCUT2D eigenvalue weighted by Crippen LogP contribution is -2.54. The highest BCUT2D eigenvalue weighted by atomic mass is 35.5. The third kappa shape index (κ3) is 7.46. The number of fused-ring (bicyclic) bond motifs is 4. The van der Waals surface area contributed by atoms with E-state index in [0.717, 1.165) is 68.7 Å². The Labute approximate surface area is 354 Å². The van der Waals surface area contributed by atoms with E-state index in [1.54, 1.807) is 0 Å². The molecule has 4 aliphatic rings. The van der Waals surface area contributed by atoms with Crippen LogP contribution >= 0.6 is 11.6 Å². The van der Waals surface area contributed by atoms with E-state index in [9.17, 15) is 23.2 Å². The van der Waals surface area contributed by atoms with Gasteiger partial charge in [-0.25, -0.2) is 18.2 Å². The molecule has 3 aromatic heterocycles. The average molecular weight is 862 g/mol. The number of ether oxygens (including phenoxy) is 1. The third-order valence-electron chi connectivity index (χ3n) is 12.8. The lowest BCUT2D eigenvalue weighted by atomic mass is 9.92. The zero-order valence-electron chi connectivity index (χ0n) is 34.3. The van der Waals surface area contributed by atoms with Crippen LogP contribution in [0.1, 0.15) is 51.1 Å². The number of carbonyl (C=O) groups excluding carboxylic acids is 2. The highest BCUT2D eigenvalue weighted by Crippen LogP contribution is 2.40. The van der Waals surface area contributed by atoms with E-state index >= 15 is 4.39 Å². The van der Waals surface area contributed by atoms with Crippen molar-refractivity contribution in [3.63, 3.8) is 0 Å². The van der Waals surface area contributed by atoms with Gasteiger partial charge in [-0.15, -0.1) is 0 Å². The first kappa shape index (κ1) is 40.8. The number of imide groups is 1. The van der Waals surface area contributed by atoms with Crippen LogP contribution in [0.4, 0.5) is 42.0 Å². The van der Waals surface area contributed by atoms with Crippen molar-refractivity contribution in [2.75, 3.05) is 66.3 Å². The number of nitrogens with one attached hydrogen (secondary N) is 3. The summed E-state index contributed by atoms with van der Waals surface area (Å²) in [5, 5.41) is 14.4. The van der Waals surface area contributed by atoms with Crippen LogP contribution in [0.2, 0.25) is 5.02 Å². The fourth-order valence-corrected chi connectivity index (χ4v) is 9.33. The monoisotopic (exact) mass is 861 g/mol. The van der Waals surface area contributed by atoms with E-state index < -0.39 is 35.9 Å². The van der Waals surface area contributed by atoms with Crippen molar-refractivity contribution in [3.8, 4) is 5.75 Å². The van der Waals surface area contributed by atoms with Crippen molar-refractivity contribution in [1.29, 1.82) is 0 Å². The van der Waals surface area contributed by atoms with Gasteiger partial charge >= 0.3 is 5.92 Å². The SMILES string of the molecule is CC1Nc2c(c(=O)n(C)c3cc(F)c(Nc4nc(N5CCC(CN6CCN(c7cccc8c(C9CCC(=O)NC9=O)nn(C)c78)C[C@@H]6C)CC5)ncc4Cl)cc23)OCC1(F)F. The molecule has 2 amide bonds. The topological polar surface area (TPSA) is 155 Å². The molecule has 9 rings (SSSR count). The van der Waals surface area contributed by atoms with Gasteiger partial charge in [0.2, 0.25) is 23.5 Å². The van der Waals surface area contributed by atoms with Gasteiger partial charge in [-0.1, -0.05) is 23.7 Å². The number of para-hydroxylation sites is 1. The highest BCUT2D eigenvalue weighted by Gasteiger charge is 2.42. The molecular formula is C42H47ClF3N11O4. The third-order valence-corrected chi connectivity index (χ3v) is 13.0. The summed E-state index contributed by atoms with van der Waals surface area (Å²) in [4.78, 5) is 53.8. The fraction of sp³-hybridized carbons (Fsp3) is 0.476. The summed E-state index contributed by atoms with van der Waals surface area (Å²) in [6.45, 7) is 7.55. The number of hydrogen-bond acceptors (Lipinski definition) is 12. The molecule has 3 N–H and O–H groups in total. The van der Waals surface area contributed by atoms with Gasteiger partial charge in [0.25, 0.3) is 5.56 Å². The second kappa shape index (κ2) is 15.7. The van der Waals surface area contributed by atoms with E-state index in [1.165, 1.54) is 36.9 Å². The smallest absolute Gasteiger partial charge is 0.300 e. The Morgan fingerprint density at radius 3 is 2.56 bits per heavy atom. The number of aromatic nitrogens is 5. The van der Waals surface area contributed by atoms with E-state index in [1.807, 2.05) is 23.9 Å². The minimum Gasteiger partial charge on any atom is -0.480 e. The molecule has 4 aliphatic heterocycles. The lowest BCUT2D eigenvalue weighted by molar-refractivity contribution is -0.134. The predicted octanol–water partition coefficient (Wildman–Crippen LogP) is 5.53. The molecule has 2 unspecified atom stereocenters. The quantitative estimate of drug-likeness (QED) is 0.177. The van der Waals surface area contributed by atoms with Gasteiger partial charge in [0.1, 0.15) is 10.8 Å². The Hall–Kier alpha value is -5.62. The maximum Gasteiger partial charge on any atom is 0.300 e. The number of benzene rings is 2. The first-order valence-electron chi connectivity index (χ1n) is 20.6. The number of amides is 2. The molecule has 0 aliphatic carbocycles. The normalized spacial score (nSPS) is 22.5. The maximum atomic E-state index is 15.7. The molecule has 0 radical (unpaired) electrons. The molecule has 0 saturated carbocycles. The summed E-state index contributed by atoms with van der Waals surface area (Å²) in [6.07, 6.45) is 4.07. The van der Waals surface area contributed by atoms with Crippen LogP contribution in [0.15, 0.2) is 41.3 Å². The zero-order chi connectivity index (χ0) is 42.9. The van der Waals surface area contributed by atoms with Gasteiger partial charge in [-0.05, 0) is 51.2 Å². The predicted molar refractivity (Wildman–Crippen MR) is 227 cm³/mol. The van der Waals surface area contributed by atoms with E-state index in [0.29, 0.717) is 41.8 Å². The fourth-order valence-electron chi connectivity index (χ4n) is 9.19. The summed E-state index contributed by atoms with van der Waals surface area (Å²) in [5.41, 5.74) is 2.35. The van der Waals surface area contributed by atoms with Gasteiger partial charge in [0, 0.05) is 82.7 Å². The first-order chi connectivity index (χ1) is 29.2. The van der Waals surface area contributed by atoms with Crippen molar-refractivity contribution >= 4 is 74.0 Å². The molecule has 3 saturated heterocycles. The zero-order valence-corrected chi connectivity index (χ0v) is 35.0. The second-order valence-corrected chi connectivity index (χ2v) is 17.1. The number of pyridine rings is 1. The van der Waals surface area contributed by atoms with Crippen molar-refractivity contribution < 1.29 is 27.5 Å². The molecule has 0 bridgehead atoms. The van der Waals surface area contributed by atoms with Gasteiger partial charge in [0.15, 0.2) is 12.4 Å². The van der Waals surface area contributed by atoms with E-state index in [2.05, 4.69) is 53.6 Å². The number of halogens is 4. The Morgan fingerprint density at radius 1 is 1.02 bits per heavy atom. The average Bonchev–Trinajstić information content (AvgIpc) is 3.51. The lowest BCUT2D eigenvalue weighted by Gasteiger charge is -2.43. The van der Waals surface area contributed by atoms with Crippen LogP contribution in [0, 0.1) is 11.7 Å². The van der Waals surface area contributed by atoms with Crippen molar-refractivity contribution in [2.45, 2.75) is 63.5 Å². The molecule has 0 spiro atoms. The van der Waals surface area contributed by atoms with E-state index in [4.69, 9.17) is 21.4 Å². The molecule has 19 heteroatoms. The van der Waals surface area contributed by atoms with Crippen molar-refractivity contribution in [3.05, 3.63) is 63.4 Å². The van der Waals surface area contributed by atoms with Gasteiger partial charge < -0.3 is 29.7 Å². The van der Waals surface area contributed by atoms with Gasteiger partial charge in [-0.3, -0.25) is 29.3 Å². The van der Waals surface area contributed by atoms with Crippen LogP contribution in [0.5, 0.6) is 5.75 Å². The molecular weight excluding hydrogens is 815 g/mol. The molecule has 322 valence electrons. The summed E-state index contributed by atoms with van der Waals surface area (Å²) >= 11 is 6.54. The van der Waals surface area contributed by atoms with Crippen molar-refractivity contribution in [2.24, 2.45) is 20.0 Å². The maximum absolute atomic E-state index is 15.7. The van der Waals surface area contributed by atoms with E-state index in [-0.39, 0.29) is 45.3 Å². The van der Waals surface area contributed by atoms with Crippen LogP contribution in [-0.2, 0) is 23.7 Å². The molecule has 61 heavy (non-hydrogen) atoms. The number of piperidine rings is 2. The number of alkyl halides is 2. The number of anilines is 5. The van der Waals surface area contributed by atoms with Crippen LogP contribution in [0.25, 0.3) is 21.8 Å². The van der Waals surface area contributed by atoms with Crippen LogP contribution in [0.3, 0.4) is 0 Å². The Balaban J connectivity index is 0.850. The molecule has 3 atom stereocenters. The summed E-state index contributed by atoms with van der Waals surface area (Å²) in [5.74, 6) is -4.12. The first-order valence-corrected chi connectivity index (χ1v) is 21.0. The Bertz CT molecular complexity index is 2630. The minimum absolute atomic E-state index is 0.0211. The summed E-state index contributed by atoms with van der Waals surface area (Å²) in [7, 11) is 3.34. The number of aryl methyl sites for hydroxylation is 2. The highest BCUT2D eigenvalue weighted by molar-refractivity contribution is 6.33. The molecule has 2 aromatic carbocycles. The number of piperazine rings is 1. The summed E-state index contributed by atoms with van der Waals surface area (Å²) < 4.78 is 53.3. The Kier molecular flexibility index (Phi) is 10.5. The standard InChI is InChI=1S/C42H47ClF3N11O4/c1-22-19-57(31-7-5-6-25-34(52-54(4)36(25)31)26-8-9-33(58)50-39(26)59)15-14-56(22)20-24-10-12-55(13-11-24)41-47-18-28(43)38(51-41)49-30-16-27-32(17-29(30)44)53(3)40(60)37-35(27)48-23(2)42(45,46)21-61-37/h5-7,16-18,22-24,26,48H,8-15,19-21H2,1-4H3,(H,47,49,51)(H,50,58,59)/t22-,23?,26?/m0/s1.